The Morgan fingerprint density at radius 2 is 2.29 bits per heavy atom. The van der Waals surface area contributed by atoms with Crippen LogP contribution in [-0.4, -0.2) is 17.1 Å². The van der Waals surface area contributed by atoms with E-state index in [9.17, 15) is 14.3 Å². The molecule has 2 atom stereocenters. The Kier molecular flexibility index (Phi) is 3.74. The molecule has 3 nitrogen and oxygen atoms in total. The molecule has 2 rings (SSSR count). The van der Waals surface area contributed by atoms with Gasteiger partial charge in [0.25, 0.3) is 0 Å². The molecule has 1 aromatic rings. The molecule has 2 unspecified atom stereocenters. The van der Waals surface area contributed by atoms with Crippen LogP contribution in [0.5, 0.6) is 0 Å². The Morgan fingerprint density at radius 3 is 2.94 bits per heavy atom. The first kappa shape index (κ1) is 12.0. The van der Waals surface area contributed by atoms with Gasteiger partial charge in [-0.2, -0.15) is 0 Å². The molecule has 0 heterocycles. The molecule has 0 saturated heterocycles. The van der Waals surface area contributed by atoms with Crippen LogP contribution in [0, 0.1) is 11.7 Å². The third-order valence-electron chi connectivity index (χ3n) is 3.17. The Hall–Kier alpha value is -1.42. The lowest BCUT2D eigenvalue weighted by molar-refractivity contribution is -0.127. The fourth-order valence-electron chi connectivity index (χ4n) is 2.21. The van der Waals surface area contributed by atoms with Gasteiger partial charge in [0.15, 0.2) is 0 Å². The number of hydrogen-bond donors (Lipinski definition) is 2. The molecule has 1 aromatic carbocycles. The lowest BCUT2D eigenvalue weighted by atomic mass is 10.1. The zero-order valence-electron chi connectivity index (χ0n) is 9.53. The predicted octanol–water partition coefficient (Wildman–Crippen LogP) is 1.60. The van der Waals surface area contributed by atoms with Crippen molar-refractivity contribution in [1.82, 2.24) is 5.32 Å². The van der Waals surface area contributed by atoms with E-state index in [0.717, 1.165) is 18.4 Å². The van der Waals surface area contributed by atoms with E-state index in [1.807, 2.05) is 0 Å². The number of amides is 1. The first-order valence-corrected chi connectivity index (χ1v) is 5.87. The van der Waals surface area contributed by atoms with Crippen LogP contribution in [0.3, 0.4) is 0 Å². The van der Waals surface area contributed by atoms with Gasteiger partial charge < -0.3 is 10.4 Å². The van der Waals surface area contributed by atoms with Gasteiger partial charge in [-0.05, 0) is 37.0 Å². The third kappa shape index (κ3) is 3.03. The second-order valence-electron chi connectivity index (χ2n) is 4.45. The Balaban J connectivity index is 1.88. The molecule has 1 fully saturated rings. The standard InChI is InChI=1S/C13H16FNO2/c14-10-4-1-3-9(7-10)8-15-13(17)11-5-2-6-12(11)16/h1,3-4,7,11-12,16H,2,5-6,8H2,(H,15,17). The van der Waals surface area contributed by atoms with E-state index in [-0.39, 0.29) is 17.6 Å². The highest BCUT2D eigenvalue weighted by molar-refractivity contribution is 5.79. The summed E-state index contributed by atoms with van der Waals surface area (Å²) in [7, 11) is 0. The Bertz CT molecular complexity index is 408. The van der Waals surface area contributed by atoms with Gasteiger partial charge in [-0.3, -0.25) is 4.79 Å². The number of benzene rings is 1. The summed E-state index contributed by atoms with van der Waals surface area (Å²) in [4.78, 5) is 11.7. The van der Waals surface area contributed by atoms with E-state index >= 15 is 0 Å². The number of halogens is 1. The molecule has 1 aliphatic carbocycles. The molecule has 4 heteroatoms. The number of rotatable bonds is 3. The minimum atomic E-state index is -0.525. The van der Waals surface area contributed by atoms with Crippen molar-refractivity contribution in [1.29, 1.82) is 0 Å². The molecule has 1 amide bonds. The van der Waals surface area contributed by atoms with E-state index in [2.05, 4.69) is 5.32 Å². The smallest absolute Gasteiger partial charge is 0.225 e. The number of hydrogen-bond acceptors (Lipinski definition) is 2. The lowest BCUT2D eigenvalue weighted by Crippen LogP contribution is -2.34. The van der Waals surface area contributed by atoms with E-state index in [0.29, 0.717) is 13.0 Å². The van der Waals surface area contributed by atoms with E-state index in [1.165, 1.54) is 12.1 Å². The van der Waals surface area contributed by atoms with Crippen LogP contribution in [0.15, 0.2) is 24.3 Å². The molecule has 0 bridgehead atoms. The van der Waals surface area contributed by atoms with Gasteiger partial charge in [0, 0.05) is 6.54 Å². The highest BCUT2D eigenvalue weighted by Crippen LogP contribution is 2.25. The molecular formula is C13H16FNO2. The van der Waals surface area contributed by atoms with Crippen molar-refractivity contribution in [2.45, 2.75) is 31.9 Å². The molecule has 2 N–H and O–H groups in total. The van der Waals surface area contributed by atoms with E-state index in [1.54, 1.807) is 12.1 Å². The van der Waals surface area contributed by atoms with Crippen LogP contribution < -0.4 is 5.32 Å². The highest BCUT2D eigenvalue weighted by atomic mass is 19.1. The van der Waals surface area contributed by atoms with E-state index in [4.69, 9.17) is 0 Å². The van der Waals surface area contributed by atoms with Gasteiger partial charge in [0.1, 0.15) is 5.82 Å². The minimum Gasteiger partial charge on any atom is -0.392 e. The van der Waals surface area contributed by atoms with E-state index < -0.39 is 6.10 Å². The monoisotopic (exact) mass is 237 g/mol. The molecule has 1 saturated carbocycles. The van der Waals surface area contributed by atoms with Crippen LogP contribution in [0.2, 0.25) is 0 Å². The van der Waals surface area contributed by atoms with Gasteiger partial charge in [-0.1, -0.05) is 12.1 Å². The maximum atomic E-state index is 12.9. The molecule has 1 aliphatic rings. The molecule has 17 heavy (non-hydrogen) atoms. The van der Waals surface area contributed by atoms with Crippen LogP contribution in [-0.2, 0) is 11.3 Å². The second-order valence-corrected chi connectivity index (χ2v) is 4.45. The predicted molar refractivity (Wildman–Crippen MR) is 61.6 cm³/mol. The minimum absolute atomic E-state index is 0.140. The summed E-state index contributed by atoms with van der Waals surface area (Å²) in [6, 6.07) is 6.13. The van der Waals surface area contributed by atoms with Crippen molar-refractivity contribution in [2.75, 3.05) is 0 Å². The molecule has 0 spiro atoms. The number of aliphatic hydroxyl groups is 1. The van der Waals surface area contributed by atoms with Gasteiger partial charge in [0.05, 0.1) is 12.0 Å². The van der Waals surface area contributed by atoms with Crippen LogP contribution in [0.4, 0.5) is 4.39 Å². The molecule has 0 radical (unpaired) electrons. The SMILES string of the molecule is O=C(NCc1cccc(F)c1)C1CCCC1O. The molecule has 0 aliphatic heterocycles. The average molecular weight is 237 g/mol. The maximum absolute atomic E-state index is 12.9. The number of nitrogens with one attached hydrogen (secondary N) is 1. The number of aliphatic hydroxyl groups excluding tert-OH is 1. The highest BCUT2D eigenvalue weighted by Gasteiger charge is 2.31. The van der Waals surface area contributed by atoms with Crippen molar-refractivity contribution in [2.24, 2.45) is 5.92 Å². The van der Waals surface area contributed by atoms with Crippen molar-refractivity contribution in [3.63, 3.8) is 0 Å². The third-order valence-corrected chi connectivity index (χ3v) is 3.17. The topological polar surface area (TPSA) is 49.3 Å². The largest absolute Gasteiger partial charge is 0.392 e. The first-order valence-electron chi connectivity index (χ1n) is 5.87. The van der Waals surface area contributed by atoms with Gasteiger partial charge in [-0.25, -0.2) is 4.39 Å². The van der Waals surface area contributed by atoms with Crippen LogP contribution in [0.1, 0.15) is 24.8 Å². The normalized spacial score (nSPS) is 23.6. The summed E-state index contributed by atoms with van der Waals surface area (Å²) in [6.45, 7) is 0.305. The summed E-state index contributed by atoms with van der Waals surface area (Å²) in [5.41, 5.74) is 0.728. The van der Waals surface area contributed by atoms with Crippen molar-refractivity contribution in [3.05, 3.63) is 35.6 Å². The Labute approximate surface area is 99.7 Å². The second kappa shape index (κ2) is 5.27. The first-order chi connectivity index (χ1) is 8.16. The van der Waals surface area contributed by atoms with Gasteiger partial charge in [0.2, 0.25) is 5.91 Å². The van der Waals surface area contributed by atoms with Crippen molar-refractivity contribution < 1.29 is 14.3 Å². The van der Waals surface area contributed by atoms with Crippen LogP contribution in [0.25, 0.3) is 0 Å². The summed E-state index contributed by atoms with van der Waals surface area (Å²) in [5, 5.41) is 12.3. The zero-order valence-corrected chi connectivity index (χ0v) is 9.53. The quantitative estimate of drug-likeness (QED) is 0.839. The van der Waals surface area contributed by atoms with Gasteiger partial charge >= 0.3 is 0 Å². The van der Waals surface area contributed by atoms with Crippen molar-refractivity contribution in [3.8, 4) is 0 Å². The molecule has 0 aromatic heterocycles. The maximum Gasteiger partial charge on any atom is 0.225 e. The average Bonchev–Trinajstić information content (AvgIpc) is 2.72. The summed E-state index contributed by atoms with van der Waals surface area (Å²) < 4.78 is 12.9. The summed E-state index contributed by atoms with van der Waals surface area (Å²) in [5.74, 6) is -0.750. The van der Waals surface area contributed by atoms with Crippen LogP contribution >= 0.6 is 0 Å². The summed E-state index contributed by atoms with van der Waals surface area (Å²) >= 11 is 0. The van der Waals surface area contributed by atoms with Crippen molar-refractivity contribution >= 4 is 5.91 Å². The fraction of sp³-hybridized carbons (Fsp3) is 0.462. The molecule has 92 valence electrons. The summed E-state index contributed by atoms with van der Waals surface area (Å²) in [6.07, 6.45) is 1.79. The molecular weight excluding hydrogens is 221 g/mol. The number of carbonyl (C=O) groups is 1. The zero-order chi connectivity index (χ0) is 12.3. The fourth-order valence-corrected chi connectivity index (χ4v) is 2.21. The van der Waals surface area contributed by atoms with Gasteiger partial charge in [-0.15, -0.1) is 0 Å². The number of carbonyl (C=O) groups excluding carboxylic acids is 1. The Morgan fingerprint density at radius 1 is 1.47 bits per heavy atom. The lowest BCUT2D eigenvalue weighted by Gasteiger charge is -2.14.